The van der Waals surface area contributed by atoms with Gasteiger partial charge in [0.1, 0.15) is 23.0 Å². The first-order chi connectivity index (χ1) is 14.0. The van der Waals surface area contributed by atoms with Gasteiger partial charge < -0.3 is 13.9 Å². The van der Waals surface area contributed by atoms with Gasteiger partial charge in [0.2, 0.25) is 0 Å². The van der Waals surface area contributed by atoms with E-state index in [-0.39, 0.29) is 12.5 Å². The summed E-state index contributed by atoms with van der Waals surface area (Å²) in [5, 5.41) is 4.39. The summed E-state index contributed by atoms with van der Waals surface area (Å²) in [7, 11) is 1.56. The molecule has 3 aromatic rings. The van der Waals surface area contributed by atoms with Gasteiger partial charge in [0.15, 0.2) is 6.61 Å². The lowest BCUT2D eigenvalue weighted by atomic mass is 10.1. The van der Waals surface area contributed by atoms with Gasteiger partial charge in [-0.2, -0.15) is 5.10 Å². The standard InChI is InChI=1S/C22H21ClN2O4/c1-14-5-4-6-19(15(14)2)28-13-22(26)25-24-12-17-8-10-20(29-17)16-7-9-21(27-3)18(23)11-16/h4-12H,13H2,1-3H3,(H,25,26). The van der Waals surface area contributed by atoms with Crippen molar-refractivity contribution in [3.05, 3.63) is 70.4 Å². The predicted octanol–water partition coefficient (Wildman–Crippen LogP) is 4.75. The van der Waals surface area contributed by atoms with Crippen molar-refractivity contribution in [2.45, 2.75) is 13.8 Å². The zero-order valence-corrected chi connectivity index (χ0v) is 17.1. The molecule has 2 aromatic carbocycles. The summed E-state index contributed by atoms with van der Waals surface area (Å²) in [6, 6.07) is 14.6. The van der Waals surface area contributed by atoms with Gasteiger partial charge >= 0.3 is 0 Å². The topological polar surface area (TPSA) is 73.1 Å². The number of amides is 1. The van der Waals surface area contributed by atoms with Gasteiger partial charge in [0.25, 0.3) is 5.91 Å². The fraction of sp³-hybridized carbons (Fsp3) is 0.182. The second-order valence-electron chi connectivity index (χ2n) is 6.33. The Hall–Kier alpha value is -3.25. The van der Waals surface area contributed by atoms with E-state index in [0.29, 0.717) is 28.0 Å². The van der Waals surface area contributed by atoms with E-state index in [4.69, 9.17) is 25.5 Å². The van der Waals surface area contributed by atoms with E-state index < -0.39 is 0 Å². The molecule has 0 aliphatic carbocycles. The Balaban J connectivity index is 1.55. The first-order valence-corrected chi connectivity index (χ1v) is 9.30. The summed E-state index contributed by atoms with van der Waals surface area (Å²) in [5.41, 5.74) is 5.33. The minimum absolute atomic E-state index is 0.130. The zero-order valence-electron chi connectivity index (χ0n) is 16.4. The van der Waals surface area contributed by atoms with Gasteiger partial charge in [-0.25, -0.2) is 5.43 Å². The molecule has 1 N–H and O–H groups in total. The van der Waals surface area contributed by atoms with Gasteiger partial charge in [0, 0.05) is 5.56 Å². The fourth-order valence-electron chi connectivity index (χ4n) is 2.62. The van der Waals surface area contributed by atoms with Crippen LogP contribution >= 0.6 is 11.6 Å². The van der Waals surface area contributed by atoms with E-state index in [1.165, 1.54) is 6.21 Å². The molecule has 29 heavy (non-hydrogen) atoms. The van der Waals surface area contributed by atoms with Crippen molar-refractivity contribution >= 4 is 23.7 Å². The highest BCUT2D eigenvalue weighted by Crippen LogP contribution is 2.30. The normalized spacial score (nSPS) is 10.9. The number of methoxy groups -OCH3 is 1. The van der Waals surface area contributed by atoms with Crippen LogP contribution in [0.15, 0.2) is 58.0 Å². The Kier molecular flexibility index (Phi) is 6.57. The molecule has 0 spiro atoms. The number of hydrazone groups is 1. The van der Waals surface area contributed by atoms with Gasteiger partial charge in [-0.05, 0) is 61.4 Å². The van der Waals surface area contributed by atoms with Crippen LogP contribution in [-0.4, -0.2) is 25.8 Å². The lowest BCUT2D eigenvalue weighted by Crippen LogP contribution is -2.24. The number of carbonyl (C=O) groups is 1. The van der Waals surface area contributed by atoms with Crippen molar-refractivity contribution < 1.29 is 18.7 Å². The molecule has 7 heteroatoms. The molecule has 150 valence electrons. The van der Waals surface area contributed by atoms with Crippen molar-refractivity contribution in [1.82, 2.24) is 5.43 Å². The van der Waals surface area contributed by atoms with Crippen LogP contribution in [0.3, 0.4) is 0 Å². The molecule has 0 unspecified atom stereocenters. The molecular weight excluding hydrogens is 392 g/mol. The van der Waals surface area contributed by atoms with E-state index >= 15 is 0 Å². The third-order valence-electron chi connectivity index (χ3n) is 4.36. The molecule has 0 saturated heterocycles. The summed E-state index contributed by atoms with van der Waals surface area (Å²) >= 11 is 6.14. The number of aryl methyl sites for hydroxylation is 1. The van der Waals surface area contributed by atoms with Crippen LogP contribution in [0.2, 0.25) is 5.02 Å². The molecule has 3 rings (SSSR count). The largest absolute Gasteiger partial charge is 0.495 e. The minimum atomic E-state index is -0.365. The average molecular weight is 413 g/mol. The van der Waals surface area contributed by atoms with Crippen molar-refractivity contribution in [3.8, 4) is 22.8 Å². The van der Waals surface area contributed by atoms with Crippen molar-refractivity contribution in [3.63, 3.8) is 0 Å². The first kappa shape index (κ1) is 20.5. The molecule has 1 aromatic heterocycles. The van der Waals surface area contributed by atoms with Crippen molar-refractivity contribution in [1.29, 1.82) is 0 Å². The number of halogens is 1. The number of carbonyl (C=O) groups excluding carboxylic acids is 1. The summed E-state index contributed by atoms with van der Waals surface area (Å²) in [5.74, 6) is 2.02. The van der Waals surface area contributed by atoms with E-state index in [9.17, 15) is 4.79 Å². The SMILES string of the molecule is COc1ccc(-c2ccc(C=NNC(=O)COc3cccc(C)c3C)o2)cc1Cl. The van der Waals surface area contributed by atoms with Gasteiger partial charge in [-0.3, -0.25) is 4.79 Å². The highest BCUT2D eigenvalue weighted by atomic mass is 35.5. The molecule has 6 nitrogen and oxygen atoms in total. The maximum absolute atomic E-state index is 11.9. The number of benzene rings is 2. The lowest BCUT2D eigenvalue weighted by Gasteiger charge is -2.09. The molecule has 0 saturated carbocycles. The van der Waals surface area contributed by atoms with E-state index in [1.807, 2.05) is 38.1 Å². The minimum Gasteiger partial charge on any atom is -0.495 e. The van der Waals surface area contributed by atoms with Crippen molar-refractivity contribution in [2.75, 3.05) is 13.7 Å². The van der Waals surface area contributed by atoms with Crippen LogP contribution in [-0.2, 0) is 4.79 Å². The number of hydrogen-bond acceptors (Lipinski definition) is 5. The molecule has 0 atom stereocenters. The van der Waals surface area contributed by atoms with Crippen LogP contribution < -0.4 is 14.9 Å². The number of nitrogens with zero attached hydrogens (tertiary/aromatic N) is 1. The number of furan rings is 1. The van der Waals surface area contributed by atoms with Crippen LogP contribution in [0.25, 0.3) is 11.3 Å². The Morgan fingerprint density at radius 3 is 2.76 bits per heavy atom. The first-order valence-electron chi connectivity index (χ1n) is 8.92. The fourth-order valence-corrected chi connectivity index (χ4v) is 2.88. The number of hydrogen-bond donors (Lipinski definition) is 1. The smallest absolute Gasteiger partial charge is 0.277 e. The van der Waals surface area contributed by atoms with Gasteiger partial charge in [0.05, 0.1) is 18.3 Å². The molecule has 1 amide bonds. The maximum atomic E-state index is 11.9. The second kappa shape index (κ2) is 9.30. The summed E-state index contributed by atoms with van der Waals surface area (Å²) in [4.78, 5) is 11.9. The molecule has 0 bridgehead atoms. The quantitative estimate of drug-likeness (QED) is 0.448. The Bertz CT molecular complexity index is 1040. The Morgan fingerprint density at radius 2 is 2.00 bits per heavy atom. The van der Waals surface area contributed by atoms with E-state index in [1.54, 1.807) is 31.4 Å². The summed E-state index contributed by atoms with van der Waals surface area (Å²) in [6.45, 7) is 3.81. The molecule has 1 heterocycles. The summed E-state index contributed by atoms with van der Waals surface area (Å²) < 4.78 is 16.4. The highest BCUT2D eigenvalue weighted by molar-refractivity contribution is 6.32. The number of nitrogens with one attached hydrogen (secondary N) is 1. The van der Waals surface area contributed by atoms with Crippen LogP contribution in [0.1, 0.15) is 16.9 Å². The van der Waals surface area contributed by atoms with Crippen molar-refractivity contribution in [2.24, 2.45) is 5.10 Å². The Morgan fingerprint density at radius 1 is 1.17 bits per heavy atom. The van der Waals surface area contributed by atoms with Gasteiger partial charge in [-0.1, -0.05) is 23.7 Å². The average Bonchev–Trinajstić information content (AvgIpc) is 3.18. The Labute approximate surface area is 174 Å². The van der Waals surface area contributed by atoms with Crippen LogP contribution in [0.5, 0.6) is 11.5 Å². The molecular formula is C22H21ClN2O4. The van der Waals surface area contributed by atoms with Gasteiger partial charge in [-0.15, -0.1) is 0 Å². The third kappa shape index (κ3) is 5.18. The number of ether oxygens (including phenoxy) is 2. The van der Waals surface area contributed by atoms with E-state index in [0.717, 1.165) is 16.7 Å². The molecule has 0 radical (unpaired) electrons. The highest BCUT2D eigenvalue weighted by Gasteiger charge is 2.08. The second-order valence-corrected chi connectivity index (χ2v) is 6.74. The summed E-state index contributed by atoms with van der Waals surface area (Å²) in [6.07, 6.45) is 1.42. The number of rotatable bonds is 7. The molecule has 0 aliphatic heterocycles. The maximum Gasteiger partial charge on any atom is 0.277 e. The van der Waals surface area contributed by atoms with Crippen LogP contribution in [0.4, 0.5) is 0 Å². The predicted molar refractivity (Wildman–Crippen MR) is 113 cm³/mol. The third-order valence-corrected chi connectivity index (χ3v) is 4.65. The molecule has 0 fully saturated rings. The van der Waals surface area contributed by atoms with Crippen LogP contribution in [0, 0.1) is 13.8 Å². The lowest BCUT2D eigenvalue weighted by molar-refractivity contribution is -0.123. The molecule has 0 aliphatic rings. The zero-order chi connectivity index (χ0) is 20.8. The monoisotopic (exact) mass is 412 g/mol. The van der Waals surface area contributed by atoms with E-state index in [2.05, 4.69) is 10.5 Å².